The molecule has 1 amide bonds. The first-order valence-electron chi connectivity index (χ1n) is 5.40. The molecule has 0 radical (unpaired) electrons. The van der Waals surface area contributed by atoms with Crippen LogP contribution in [0.1, 0.15) is 10.4 Å². The Morgan fingerprint density at radius 3 is 2.60 bits per heavy atom. The molecule has 0 bridgehead atoms. The standard InChI is InChI=1S/C11H11N3O4S2/c1-18-8-6-4-3-5-7(8)9(15)12-10-13-14-11(19-10)20(2,16)17/h3-6H,1-2H3,(H,12,13,15). The third-order valence-electron chi connectivity index (χ3n) is 2.30. The highest BCUT2D eigenvalue weighted by Gasteiger charge is 2.17. The number of aromatic nitrogens is 2. The molecule has 2 rings (SSSR count). The molecule has 1 N–H and O–H groups in total. The van der Waals surface area contributed by atoms with Crippen molar-refractivity contribution in [1.29, 1.82) is 0 Å². The Morgan fingerprint density at radius 2 is 2.00 bits per heavy atom. The average molecular weight is 313 g/mol. The summed E-state index contributed by atoms with van der Waals surface area (Å²) in [4.78, 5) is 12.1. The van der Waals surface area contributed by atoms with Crippen LogP contribution in [0.2, 0.25) is 0 Å². The number of carbonyl (C=O) groups excluding carboxylic acids is 1. The van der Waals surface area contributed by atoms with E-state index in [2.05, 4.69) is 15.5 Å². The van der Waals surface area contributed by atoms with Gasteiger partial charge in [0, 0.05) is 6.26 Å². The minimum Gasteiger partial charge on any atom is -0.496 e. The van der Waals surface area contributed by atoms with Crippen molar-refractivity contribution in [3.63, 3.8) is 0 Å². The molecule has 0 saturated heterocycles. The Labute approximate surface area is 119 Å². The summed E-state index contributed by atoms with van der Waals surface area (Å²) in [5.41, 5.74) is 0.325. The van der Waals surface area contributed by atoms with Crippen LogP contribution < -0.4 is 10.1 Å². The third-order valence-corrected chi connectivity index (χ3v) is 4.80. The molecule has 1 aromatic carbocycles. The molecule has 0 unspecified atom stereocenters. The van der Waals surface area contributed by atoms with Crippen molar-refractivity contribution in [2.45, 2.75) is 4.34 Å². The largest absolute Gasteiger partial charge is 0.496 e. The average Bonchev–Trinajstić information content (AvgIpc) is 2.87. The lowest BCUT2D eigenvalue weighted by atomic mass is 10.2. The van der Waals surface area contributed by atoms with Crippen LogP contribution in [0.15, 0.2) is 28.6 Å². The zero-order valence-electron chi connectivity index (χ0n) is 10.7. The molecule has 0 aliphatic carbocycles. The number of amides is 1. The summed E-state index contributed by atoms with van der Waals surface area (Å²) in [5.74, 6) is -0.0310. The lowest BCUT2D eigenvalue weighted by molar-refractivity contribution is 0.102. The zero-order valence-corrected chi connectivity index (χ0v) is 12.3. The van der Waals surface area contributed by atoms with Crippen molar-refractivity contribution >= 4 is 32.2 Å². The molecular formula is C11H11N3O4S2. The summed E-state index contributed by atoms with van der Waals surface area (Å²) in [6, 6.07) is 6.67. The summed E-state index contributed by atoms with van der Waals surface area (Å²) >= 11 is 0.793. The number of methoxy groups -OCH3 is 1. The SMILES string of the molecule is COc1ccccc1C(=O)Nc1nnc(S(C)(=O)=O)s1. The maximum absolute atomic E-state index is 12.1. The molecule has 106 valence electrons. The van der Waals surface area contributed by atoms with E-state index >= 15 is 0 Å². The lowest BCUT2D eigenvalue weighted by Crippen LogP contribution is -2.12. The number of nitrogens with zero attached hydrogens (tertiary/aromatic N) is 2. The van der Waals surface area contributed by atoms with E-state index in [9.17, 15) is 13.2 Å². The van der Waals surface area contributed by atoms with Gasteiger partial charge in [0.25, 0.3) is 5.91 Å². The number of benzene rings is 1. The summed E-state index contributed by atoms with van der Waals surface area (Å²) in [5, 5.41) is 9.73. The number of rotatable bonds is 4. The fourth-order valence-corrected chi connectivity index (χ4v) is 2.91. The highest BCUT2D eigenvalue weighted by molar-refractivity contribution is 7.92. The molecule has 0 aliphatic rings. The summed E-state index contributed by atoms with van der Waals surface area (Å²) in [6.07, 6.45) is 1.03. The van der Waals surface area contributed by atoms with Crippen LogP contribution in [0, 0.1) is 0 Å². The molecule has 7 nitrogen and oxygen atoms in total. The van der Waals surface area contributed by atoms with Gasteiger partial charge in [0.05, 0.1) is 12.7 Å². The first-order valence-corrected chi connectivity index (χ1v) is 8.10. The number of hydrogen-bond acceptors (Lipinski definition) is 7. The van der Waals surface area contributed by atoms with Crippen molar-refractivity contribution < 1.29 is 17.9 Å². The number of anilines is 1. The Kier molecular flexibility index (Phi) is 4.00. The number of hydrogen-bond donors (Lipinski definition) is 1. The van der Waals surface area contributed by atoms with E-state index in [-0.39, 0.29) is 9.47 Å². The molecule has 1 heterocycles. The van der Waals surface area contributed by atoms with Crippen molar-refractivity contribution in [2.75, 3.05) is 18.7 Å². The van der Waals surface area contributed by atoms with Crippen LogP contribution in [-0.2, 0) is 9.84 Å². The van der Waals surface area contributed by atoms with Crippen LogP contribution in [0.5, 0.6) is 5.75 Å². The van der Waals surface area contributed by atoms with Gasteiger partial charge in [-0.15, -0.1) is 10.2 Å². The van der Waals surface area contributed by atoms with Crippen LogP contribution in [0.25, 0.3) is 0 Å². The monoisotopic (exact) mass is 313 g/mol. The predicted molar refractivity (Wildman–Crippen MR) is 74.0 cm³/mol. The van der Waals surface area contributed by atoms with Gasteiger partial charge in [-0.05, 0) is 12.1 Å². The Hall–Kier alpha value is -2.00. The van der Waals surface area contributed by atoms with Crippen molar-refractivity contribution in [3.8, 4) is 5.75 Å². The first kappa shape index (κ1) is 14.4. The second-order valence-corrected chi connectivity index (χ2v) is 6.97. The fraction of sp³-hybridized carbons (Fsp3) is 0.182. The Balaban J connectivity index is 2.22. The quantitative estimate of drug-likeness (QED) is 0.852. The zero-order chi connectivity index (χ0) is 14.8. The van der Waals surface area contributed by atoms with Gasteiger partial charge in [-0.1, -0.05) is 23.5 Å². The first-order chi connectivity index (χ1) is 9.41. The molecule has 0 aliphatic heterocycles. The Morgan fingerprint density at radius 1 is 1.30 bits per heavy atom. The Bertz CT molecular complexity index is 740. The molecule has 0 saturated carbocycles. The summed E-state index contributed by atoms with van der Waals surface area (Å²) in [6.45, 7) is 0. The summed E-state index contributed by atoms with van der Waals surface area (Å²) in [7, 11) is -1.97. The second kappa shape index (κ2) is 5.55. The maximum atomic E-state index is 12.1. The minimum atomic E-state index is -3.43. The molecule has 0 fully saturated rings. The van der Waals surface area contributed by atoms with Gasteiger partial charge in [-0.3, -0.25) is 10.1 Å². The number of ether oxygens (including phenoxy) is 1. The predicted octanol–water partition coefficient (Wildman–Crippen LogP) is 1.20. The third kappa shape index (κ3) is 3.11. The van der Waals surface area contributed by atoms with Gasteiger partial charge in [0.15, 0.2) is 0 Å². The second-order valence-electron chi connectivity index (χ2n) is 3.80. The number of carbonyl (C=O) groups is 1. The number of para-hydroxylation sites is 1. The van der Waals surface area contributed by atoms with Crippen molar-refractivity contribution in [3.05, 3.63) is 29.8 Å². The van der Waals surface area contributed by atoms with E-state index in [0.717, 1.165) is 17.6 Å². The number of sulfone groups is 1. The molecule has 0 spiro atoms. The smallest absolute Gasteiger partial charge is 0.261 e. The van der Waals surface area contributed by atoms with Crippen molar-refractivity contribution in [1.82, 2.24) is 10.2 Å². The molecule has 1 aromatic heterocycles. The lowest BCUT2D eigenvalue weighted by Gasteiger charge is -2.06. The normalized spacial score (nSPS) is 11.1. The van der Waals surface area contributed by atoms with Gasteiger partial charge in [0.2, 0.25) is 19.3 Å². The van der Waals surface area contributed by atoms with E-state index in [1.165, 1.54) is 7.11 Å². The molecule has 9 heteroatoms. The fourth-order valence-electron chi connectivity index (χ4n) is 1.41. The van der Waals surface area contributed by atoms with Crippen LogP contribution >= 0.6 is 11.3 Å². The molecule has 2 aromatic rings. The highest BCUT2D eigenvalue weighted by Crippen LogP contribution is 2.22. The van der Waals surface area contributed by atoms with E-state index < -0.39 is 15.7 Å². The maximum Gasteiger partial charge on any atom is 0.261 e. The van der Waals surface area contributed by atoms with Gasteiger partial charge in [-0.2, -0.15) is 0 Å². The molecule has 20 heavy (non-hydrogen) atoms. The summed E-state index contributed by atoms with van der Waals surface area (Å²) < 4.78 is 27.5. The van der Waals surface area contributed by atoms with Crippen LogP contribution in [-0.4, -0.2) is 37.9 Å². The molecular weight excluding hydrogens is 302 g/mol. The van der Waals surface area contributed by atoms with Gasteiger partial charge in [-0.25, -0.2) is 8.42 Å². The van der Waals surface area contributed by atoms with Crippen LogP contribution in [0.3, 0.4) is 0 Å². The van der Waals surface area contributed by atoms with Gasteiger partial charge in [0.1, 0.15) is 5.75 Å². The minimum absolute atomic E-state index is 0.112. The highest BCUT2D eigenvalue weighted by atomic mass is 32.2. The van der Waals surface area contributed by atoms with Crippen LogP contribution in [0.4, 0.5) is 5.13 Å². The van der Waals surface area contributed by atoms with E-state index in [0.29, 0.717) is 11.3 Å². The molecule has 0 atom stereocenters. The number of nitrogens with one attached hydrogen (secondary N) is 1. The van der Waals surface area contributed by atoms with Gasteiger partial charge >= 0.3 is 0 Å². The van der Waals surface area contributed by atoms with Gasteiger partial charge < -0.3 is 4.74 Å². The van der Waals surface area contributed by atoms with E-state index in [4.69, 9.17) is 4.74 Å². The topological polar surface area (TPSA) is 98.2 Å². The van der Waals surface area contributed by atoms with E-state index in [1.54, 1.807) is 24.3 Å². The van der Waals surface area contributed by atoms with E-state index in [1.807, 2.05) is 0 Å². The van der Waals surface area contributed by atoms with Crippen molar-refractivity contribution in [2.24, 2.45) is 0 Å².